The molecule has 18 heavy (non-hydrogen) atoms. The molecule has 96 valence electrons. The van der Waals surface area contributed by atoms with Gasteiger partial charge < -0.3 is 14.5 Å². The van der Waals surface area contributed by atoms with E-state index in [-0.39, 0.29) is 5.76 Å². The number of nitrogens with zero attached hydrogens (tertiary/aromatic N) is 1. The third-order valence-electron chi connectivity index (χ3n) is 2.62. The van der Waals surface area contributed by atoms with Gasteiger partial charge in [0.05, 0.1) is 30.7 Å². The number of hydrogen-bond acceptors (Lipinski definition) is 5. The number of anilines is 1. The molecule has 6 nitrogen and oxygen atoms in total. The summed E-state index contributed by atoms with van der Waals surface area (Å²) in [4.78, 5) is 11.2. The second-order valence-corrected chi connectivity index (χ2v) is 3.92. The smallest absolute Gasteiger partial charge is 0.373 e. The number of carbonyl (C=O) groups is 1. The maximum absolute atomic E-state index is 11.2. The van der Waals surface area contributed by atoms with Gasteiger partial charge in [0.1, 0.15) is 5.76 Å². The van der Waals surface area contributed by atoms with E-state index in [0.29, 0.717) is 12.3 Å². The molecule has 0 radical (unpaired) electrons. The number of ether oxygens (including phenoxy) is 1. The SMILES string of the molecule is COC(=O)c1ccc(CNc2c(C)n[nH]c2C)o1. The highest BCUT2D eigenvalue weighted by atomic mass is 16.5. The first-order valence-corrected chi connectivity index (χ1v) is 5.54. The fourth-order valence-corrected chi connectivity index (χ4v) is 1.67. The Morgan fingerprint density at radius 2 is 2.28 bits per heavy atom. The lowest BCUT2D eigenvalue weighted by atomic mass is 10.3. The van der Waals surface area contributed by atoms with Gasteiger partial charge in [-0.05, 0) is 26.0 Å². The standard InChI is InChI=1S/C12H15N3O3/c1-7-11(8(2)15-14-7)13-6-9-4-5-10(18-9)12(16)17-3/h4-5,13H,6H2,1-3H3,(H,14,15). The Morgan fingerprint density at radius 1 is 1.50 bits per heavy atom. The van der Waals surface area contributed by atoms with Crippen molar-refractivity contribution in [3.8, 4) is 0 Å². The topological polar surface area (TPSA) is 80.1 Å². The third-order valence-corrected chi connectivity index (χ3v) is 2.62. The normalized spacial score (nSPS) is 10.4. The molecule has 0 saturated carbocycles. The zero-order valence-electron chi connectivity index (χ0n) is 10.5. The molecule has 2 rings (SSSR count). The van der Waals surface area contributed by atoms with Crippen molar-refractivity contribution in [1.82, 2.24) is 10.2 Å². The molecule has 2 aromatic heterocycles. The minimum Gasteiger partial charge on any atom is -0.463 e. The van der Waals surface area contributed by atoms with Crippen molar-refractivity contribution in [2.24, 2.45) is 0 Å². The minimum absolute atomic E-state index is 0.204. The van der Waals surface area contributed by atoms with Crippen LogP contribution in [0.2, 0.25) is 0 Å². The monoisotopic (exact) mass is 249 g/mol. The Morgan fingerprint density at radius 3 is 2.89 bits per heavy atom. The second kappa shape index (κ2) is 4.95. The maximum atomic E-state index is 11.2. The van der Waals surface area contributed by atoms with E-state index < -0.39 is 5.97 Å². The van der Waals surface area contributed by atoms with E-state index in [1.165, 1.54) is 7.11 Å². The van der Waals surface area contributed by atoms with Crippen LogP contribution in [0.5, 0.6) is 0 Å². The molecule has 0 aliphatic carbocycles. The van der Waals surface area contributed by atoms with E-state index in [4.69, 9.17) is 4.42 Å². The summed E-state index contributed by atoms with van der Waals surface area (Å²) in [6.45, 7) is 4.33. The number of esters is 1. The van der Waals surface area contributed by atoms with Crippen molar-refractivity contribution < 1.29 is 13.9 Å². The van der Waals surface area contributed by atoms with Crippen LogP contribution in [0.25, 0.3) is 0 Å². The number of rotatable bonds is 4. The minimum atomic E-state index is -0.475. The number of nitrogens with one attached hydrogen (secondary N) is 2. The zero-order chi connectivity index (χ0) is 13.1. The lowest BCUT2D eigenvalue weighted by molar-refractivity contribution is 0.0563. The molecular weight excluding hydrogens is 234 g/mol. The van der Waals surface area contributed by atoms with Crippen LogP contribution in [0.1, 0.15) is 27.7 Å². The average molecular weight is 249 g/mol. The first-order chi connectivity index (χ1) is 8.61. The van der Waals surface area contributed by atoms with Crippen LogP contribution < -0.4 is 5.32 Å². The molecule has 0 amide bonds. The van der Waals surface area contributed by atoms with Gasteiger partial charge in [-0.1, -0.05) is 0 Å². The van der Waals surface area contributed by atoms with E-state index in [1.807, 2.05) is 13.8 Å². The Balaban J connectivity index is 2.03. The molecule has 0 bridgehead atoms. The Labute approximate surface area is 104 Å². The number of carbonyl (C=O) groups excluding carboxylic acids is 1. The first-order valence-electron chi connectivity index (χ1n) is 5.54. The fourth-order valence-electron chi connectivity index (χ4n) is 1.67. The van der Waals surface area contributed by atoms with E-state index in [0.717, 1.165) is 17.1 Å². The van der Waals surface area contributed by atoms with Crippen molar-refractivity contribution in [3.63, 3.8) is 0 Å². The molecule has 2 N–H and O–H groups in total. The summed E-state index contributed by atoms with van der Waals surface area (Å²) in [5, 5.41) is 10.2. The van der Waals surface area contributed by atoms with E-state index >= 15 is 0 Å². The highest BCUT2D eigenvalue weighted by molar-refractivity contribution is 5.86. The Hall–Kier alpha value is -2.24. The number of aromatic nitrogens is 2. The molecule has 2 aromatic rings. The summed E-state index contributed by atoms with van der Waals surface area (Å²) < 4.78 is 9.92. The lowest BCUT2D eigenvalue weighted by Gasteiger charge is -2.03. The first kappa shape index (κ1) is 12.2. The highest BCUT2D eigenvalue weighted by Gasteiger charge is 2.12. The molecule has 0 unspecified atom stereocenters. The van der Waals surface area contributed by atoms with Crippen molar-refractivity contribution in [3.05, 3.63) is 35.0 Å². The van der Waals surface area contributed by atoms with E-state index in [9.17, 15) is 4.79 Å². The van der Waals surface area contributed by atoms with Gasteiger partial charge in [-0.15, -0.1) is 0 Å². The van der Waals surface area contributed by atoms with Gasteiger partial charge in [0, 0.05) is 0 Å². The van der Waals surface area contributed by atoms with Crippen LogP contribution in [0.3, 0.4) is 0 Å². The highest BCUT2D eigenvalue weighted by Crippen LogP contribution is 2.18. The second-order valence-electron chi connectivity index (χ2n) is 3.92. The summed E-state index contributed by atoms with van der Waals surface area (Å²) >= 11 is 0. The number of methoxy groups -OCH3 is 1. The van der Waals surface area contributed by atoms with E-state index in [2.05, 4.69) is 20.3 Å². The number of furan rings is 1. The Kier molecular flexibility index (Phi) is 3.36. The maximum Gasteiger partial charge on any atom is 0.373 e. The van der Waals surface area contributed by atoms with Gasteiger partial charge in [-0.25, -0.2) is 4.79 Å². The molecule has 0 fully saturated rings. The molecule has 0 aromatic carbocycles. The fraction of sp³-hybridized carbons (Fsp3) is 0.333. The predicted octanol–water partition coefficient (Wildman–Crippen LogP) is 2.02. The quantitative estimate of drug-likeness (QED) is 0.810. The van der Waals surface area contributed by atoms with Gasteiger partial charge >= 0.3 is 5.97 Å². The predicted molar refractivity (Wildman–Crippen MR) is 65.4 cm³/mol. The molecule has 0 aliphatic rings. The third kappa shape index (κ3) is 2.37. The number of hydrogen-bond donors (Lipinski definition) is 2. The van der Waals surface area contributed by atoms with Gasteiger partial charge in [-0.3, -0.25) is 5.10 Å². The van der Waals surface area contributed by atoms with Crippen molar-refractivity contribution >= 4 is 11.7 Å². The van der Waals surface area contributed by atoms with Crippen LogP contribution in [-0.2, 0) is 11.3 Å². The zero-order valence-corrected chi connectivity index (χ0v) is 10.5. The number of H-pyrrole nitrogens is 1. The molecular formula is C12H15N3O3. The lowest BCUT2D eigenvalue weighted by Crippen LogP contribution is -2.01. The van der Waals surface area contributed by atoms with Crippen LogP contribution in [-0.4, -0.2) is 23.3 Å². The van der Waals surface area contributed by atoms with Crippen LogP contribution in [0, 0.1) is 13.8 Å². The van der Waals surface area contributed by atoms with Crippen molar-refractivity contribution in [2.75, 3.05) is 12.4 Å². The largest absolute Gasteiger partial charge is 0.463 e. The van der Waals surface area contributed by atoms with Crippen LogP contribution in [0.4, 0.5) is 5.69 Å². The summed E-state index contributed by atoms with van der Waals surface area (Å²) in [5.74, 6) is 0.391. The average Bonchev–Trinajstić information content (AvgIpc) is 2.95. The van der Waals surface area contributed by atoms with Crippen LogP contribution in [0.15, 0.2) is 16.5 Å². The van der Waals surface area contributed by atoms with Crippen molar-refractivity contribution in [2.45, 2.75) is 20.4 Å². The van der Waals surface area contributed by atoms with Gasteiger partial charge in [0.2, 0.25) is 5.76 Å². The molecule has 0 saturated heterocycles. The van der Waals surface area contributed by atoms with Crippen molar-refractivity contribution in [1.29, 1.82) is 0 Å². The summed E-state index contributed by atoms with van der Waals surface area (Å²) in [5.41, 5.74) is 2.81. The molecule has 0 spiro atoms. The van der Waals surface area contributed by atoms with Gasteiger partial charge in [-0.2, -0.15) is 5.10 Å². The van der Waals surface area contributed by atoms with Gasteiger partial charge in [0.15, 0.2) is 0 Å². The number of aryl methyl sites for hydroxylation is 2. The molecule has 0 atom stereocenters. The van der Waals surface area contributed by atoms with Crippen LogP contribution >= 0.6 is 0 Å². The summed E-state index contributed by atoms with van der Waals surface area (Å²) in [6.07, 6.45) is 0. The van der Waals surface area contributed by atoms with Gasteiger partial charge in [0.25, 0.3) is 0 Å². The molecule has 0 aliphatic heterocycles. The Bertz CT molecular complexity index is 537. The molecule has 6 heteroatoms. The summed E-state index contributed by atoms with van der Waals surface area (Å²) in [7, 11) is 1.32. The summed E-state index contributed by atoms with van der Waals surface area (Å²) in [6, 6.07) is 3.34. The molecule has 2 heterocycles. The number of aromatic amines is 1. The van der Waals surface area contributed by atoms with E-state index in [1.54, 1.807) is 12.1 Å².